The predicted octanol–water partition coefficient (Wildman–Crippen LogP) is 2.31. The third-order valence-corrected chi connectivity index (χ3v) is 3.90. The molecule has 3 N–H and O–H groups in total. The first-order valence-electron chi connectivity index (χ1n) is 5.95. The van der Waals surface area contributed by atoms with E-state index in [0.29, 0.717) is 0 Å². The number of nitrogens with two attached hydrogens (primary N) is 1. The minimum atomic E-state index is -0.576. The highest BCUT2D eigenvalue weighted by atomic mass is 16.2. The predicted molar refractivity (Wildman–Crippen MR) is 64.0 cm³/mol. The average molecular weight is 221 g/mol. The lowest BCUT2D eigenvalue weighted by Gasteiger charge is -2.35. The number of allylic oxidation sites excluding steroid dienone is 2. The van der Waals surface area contributed by atoms with Gasteiger partial charge >= 0.3 is 6.03 Å². The van der Waals surface area contributed by atoms with Crippen LogP contribution in [0.3, 0.4) is 0 Å². The summed E-state index contributed by atoms with van der Waals surface area (Å²) < 4.78 is 0. The number of carbonyl (C=O) groups is 1. The maximum Gasteiger partial charge on any atom is 0.332 e. The van der Waals surface area contributed by atoms with Crippen molar-refractivity contribution in [3.63, 3.8) is 0 Å². The number of urea groups is 1. The van der Waals surface area contributed by atoms with E-state index in [4.69, 9.17) is 5.73 Å². The number of hydrazone groups is 1. The van der Waals surface area contributed by atoms with Gasteiger partial charge in [0.1, 0.15) is 0 Å². The van der Waals surface area contributed by atoms with Crippen molar-refractivity contribution < 1.29 is 4.79 Å². The molecule has 4 nitrogen and oxygen atoms in total. The van der Waals surface area contributed by atoms with Crippen LogP contribution in [-0.2, 0) is 0 Å². The molecule has 1 fully saturated rings. The molecule has 88 valence electrons. The zero-order valence-corrected chi connectivity index (χ0v) is 9.75. The van der Waals surface area contributed by atoms with Gasteiger partial charge in [0.2, 0.25) is 0 Å². The summed E-state index contributed by atoms with van der Waals surface area (Å²) in [7, 11) is 0. The molecule has 0 atom stereocenters. The lowest BCUT2D eigenvalue weighted by molar-refractivity contribution is 0.249. The number of rotatable bonds is 1. The number of nitrogens with zero attached hydrogens (tertiary/aromatic N) is 1. The second-order valence-electron chi connectivity index (χ2n) is 4.75. The Labute approximate surface area is 96.0 Å². The topological polar surface area (TPSA) is 67.5 Å². The highest BCUT2D eigenvalue weighted by Gasteiger charge is 2.41. The third-order valence-electron chi connectivity index (χ3n) is 3.90. The molecule has 0 aromatic heterocycles. The Bertz CT molecular complexity index is 351. The maximum atomic E-state index is 10.7. The lowest BCUT2D eigenvalue weighted by atomic mass is 9.70. The van der Waals surface area contributed by atoms with Crippen LogP contribution in [0.4, 0.5) is 4.79 Å². The summed E-state index contributed by atoms with van der Waals surface area (Å²) in [5, 5.41) is 4.22. The van der Waals surface area contributed by atoms with Crippen LogP contribution in [0.1, 0.15) is 45.4 Å². The fourth-order valence-corrected chi connectivity index (χ4v) is 3.03. The number of primary amides is 1. The molecule has 2 aliphatic rings. The number of nitrogens with one attached hydrogen (secondary N) is 1. The van der Waals surface area contributed by atoms with Crippen LogP contribution in [0.25, 0.3) is 0 Å². The molecule has 0 aliphatic heterocycles. The first kappa shape index (κ1) is 11.2. The Hall–Kier alpha value is -1.32. The number of carbonyl (C=O) groups excluding carboxylic acids is 1. The van der Waals surface area contributed by atoms with Crippen molar-refractivity contribution in [2.75, 3.05) is 0 Å². The normalized spacial score (nSPS) is 25.8. The lowest BCUT2D eigenvalue weighted by Crippen LogP contribution is -2.35. The van der Waals surface area contributed by atoms with E-state index in [-0.39, 0.29) is 5.41 Å². The van der Waals surface area contributed by atoms with E-state index in [1.807, 2.05) is 0 Å². The van der Waals surface area contributed by atoms with E-state index in [2.05, 4.69) is 23.5 Å². The molecule has 2 rings (SSSR count). The summed E-state index contributed by atoms with van der Waals surface area (Å²) >= 11 is 0. The molecule has 0 bridgehead atoms. The molecular formula is C12H19N3O. The molecule has 4 heteroatoms. The van der Waals surface area contributed by atoms with Gasteiger partial charge in [0.05, 0.1) is 0 Å². The monoisotopic (exact) mass is 221 g/mol. The third kappa shape index (κ3) is 1.84. The van der Waals surface area contributed by atoms with Crippen LogP contribution >= 0.6 is 0 Å². The van der Waals surface area contributed by atoms with E-state index >= 15 is 0 Å². The van der Waals surface area contributed by atoms with Crippen molar-refractivity contribution in [2.24, 2.45) is 16.3 Å². The van der Waals surface area contributed by atoms with Gasteiger partial charge in [-0.25, -0.2) is 10.2 Å². The zero-order valence-electron chi connectivity index (χ0n) is 9.75. The summed E-state index contributed by atoms with van der Waals surface area (Å²) in [6.45, 7) is 2.18. The first-order chi connectivity index (χ1) is 7.65. The standard InChI is InChI=1S/C12H19N3O/c1-9-5-4-6-10(14-15-11(13)16)12(9)7-2-3-8-12/h5H,2-4,6-8H2,1H3,(H3,13,15,16)/b14-10-. The van der Waals surface area contributed by atoms with Gasteiger partial charge in [-0.1, -0.05) is 24.5 Å². The maximum absolute atomic E-state index is 10.7. The molecular weight excluding hydrogens is 202 g/mol. The SMILES string of the molecule is CC1=CCC/C(=N/NC(N)=O)C12CCCC2. The van der Waals surface area contributed by atoms with Crippen LogP contribution in [0, 0.1) is 5.41 Å². The molecule has 0 saturated heterocycles. The number of amides is 2. The summed E-state index contributed by atoms with van der Waals surface area (Å²) in [6, 6.07) is -0.576. The summed E-state index contributed by atoms with van der Waals surface area (Å²) in [6.07, 6.45) is 9.10. The molecule has 0 unspecified atom stereocenters. The molecule has 1 spiro atoms. The first-order valence-corrected chi connectivity index (χ1v) is 5.95. The second-order valence-corrected chi connectivity index (χ2v) is 4.75. The minimum absolute atomic E-state index is 0.126. The van der Waals surface area contributed by atoms with E-state index in [9.17, 15) is 4.79 Å². The Kier molecular flexibility index (Phi) is 2.99. The van der Waals surface area contributed by atoms with Gasteiger partial charge in [0.25, 0.3) is 0 Å². The van der Waals surface area contributed by atoms with Crippen LogP contribution < -0.4 is 11.2 Å². The summed E-state index contributed by atoms with van der Waals surface area (Å²) in [5.41, 5.74) is 10.1. The van der Waals surface area contributed by atoms with E-state index < -0.39 is 6.03 Å². The van der Waals surface area contributed by atoms with Crippen LogP contribution in [0.15, 0.2) is 16.8 Å². The average Bonchev–Trinajstić information content (AvgIpc) is 2.71. The van der Waals surface area contributed by atoms with Gasteiger partial charge in [0.15, 0.2) is 0 Å². The Morgan fingerprint density at radius 3 is 2.81 bits per heavy atom. The quantitative estimate of drug-likeness (QED) is 0.518. The molecule has 1 saturated carbocycles. The Morgan fingerprint density at radius 2 is 2.19 bits per heavy atom. The minimum Gasteiger partial charge on any atom is -0.350 e. The van der Waals surface area contributed by atoms with Gasteiger partial charge in [-0.05, 0) is 32.6 Å². The fraction of sp³-hybridized carbons (Fsp3) is 0.667. The molecule has 2 amide bonds. The Morgan fingerprint density at radius 1 is 1.50 bits per heavy atom. The summed E-state index contributed by atoms with van der Waals surface area (Å²) in [5.74, 6) is 0. The van der Waals surface area contributed by atoms with Crippen molar-refractivity contribution in [1.29, 1.82) is 0 Å². The number of hydrogen-bond acceptors (Lipinski definition) is 2. The smallest absolute Gasteiger partial charge is 0.332 e. The molecule has 16 heavy (non-hydrogen) atoms. The van der Waals surface area contributed by atoms with Crippen molar-refractivity contribution in [3.05, 3.63) is 11.6 Å². The van der Waals surface area contributed by atoms with Gasteiger partial charge < -0.3 is 5.73 Å². The molecule has 0 radical (unpaired) electrons. The van der Waals surface area contributed by atoms with E-state index in [1.54, 1.807) is 0 Å². The molecule has 0 aromatic rings. The van der Waals surface area contributed by atoms with Gasteiger partial charge in [-0.3, -0.25) is 0 Å². The van der Waals surface area contributed by atoms with E-state index in [0.717, 1.165) is 31.4 Å². The van der Waals surface area contributed by atoms with Crippen LogP contribution in [0.2, 0.25) is 0 Å². The van der Waals surface area contributed by atoms with Gasteiger partial charge in [0, 0.05) is 11.1 Å². The molecule has 0 aromatic carbocycles. The van der Waals surface area contributed by atoms with Gasteiger partial charge in [-0.15, -0.1) is 0 Å². The highest BCUT2D eigenvalue weighted by Crippen LogP contribution is 2.48. The molecule has 2 aliphatic carbocycles. The van der Waals surface area contributed by atoms with Crippen molar-refractivity contribution >= 4 is 11.7 Å². The summed E-state index contributed by atoms with van der Waals surface area (Å²) in [4.78, 5) is 10.7. The van der Waals surface area contributed by atoms with Gasteiger partial charge in [-0.2, -0.15) is 5.10 Å². The largest absolute Gasteiger partial charge is 0.350 e. The highest BCUT2D eigenvalue weighted by molar-refractivity contribution is 5.94. The van der Waals surface area contributed by atoms with Crippen molar-refractivity contribution in [1.82, 2.24) is 5.43 Å². The van der Waals surface area contributed by atoms with Crippen molar-refractivity contribution in [2.45, 2.75) is 45.4 Å². The Balaban J connectivity index is 2.27. The molecule has 0 heterocycles. The second kappa shape index (κ2) is 4.28. The van der Waals surface area contributed by atoms with Crippen LogP contribution in [-0.4, -0.2) is 11.7 Å². The fourth-order valence-electron chi connectivity index (χ4n) is 3.03. The zero-order chi connectivity index (χ0) is 11.6. The van der Waals surface area contributed by atoms with Crippen LogP contribution in [0.5, 0.6) is 0 Å². The van der Waals surface area contributed by atoms with E-state index in [1.165, 1.54) is 18.4 Å². The van der Waals surface area contributed by atoms with Crippen molar-refractivity contribution in [3.8, 4) is 0 Å². The number of hydrogen-bond donors (Lipinski definition) is 2.